The highest BCUT2D eigenvalue weighted by Crippen LogP contribution is 2.30. The maximum atomic E-state index is 11.1. The molecule has 1 atom stereocenters. The van der Waals surface area contributed by atoms with Crippen LogP contribution in [-0.4, -0.2) is 42.0 Å². The lowest BCUT2D eigenvalue weighted by Crippen LogP contribution is -2.49. The summed E-state index contributed by atoms with van der Waals surface area (Å²) < 4.78 is 0. The third kappa shape index (κ3) is 2.89. The lowest BCUT2D eigenvalue weighted by Gasteiger charge is -2.36. The number of nitro groups is 1. The Labute approximate surface area is 118 Å². The number of rotatable bonds is 3. The fraction of sp³-hybridized carbons (Fsp3) is 0.500. The molecule has 1 aromatic rings. The number of hydrogen-bond acceptors (Lipinski definition) is 5. The molecule has 1 heterocycles. The van der Waals surface area contributed by atoms with Gasteiger partial charge in [-0.05, 0) is 25.5 Å². The van der Waals surface area contributed by atoms with Crippen molar-refractivity contribution in [2.75, 3.05) is 31.1 Å². The summed E-state index contributed by atoms with van der Waals surface area (Å²) in [6, 6.07) is 7.31. The average molecular weight is 274 g/mol. The smallest absolute Gasteiger partial charge is 0.292 e. The highest BCUT2D eigenvalue weighted by Gasteiger charge is 2.25. The summed E-state index contributed by atoms with van der Waals surface area (Å²) in [7, 11) is 0. The van der Waals surface area contributed by atoms with Gasteiger partial charge < -0.3 is 4.90 Å². The number of anilines is 1. The zero-order chi connectivity index (χ0) is 14.7. The molecule has 1 aliphatic heterocycles. The number of aryl methyl sites for hydroxylation is 1. The fourth-order valence-corrected chi connectivity index (χ4v) is 2.47. The SMILES string of the molecule is Cc1ccc([N+](=O)[O-])c(N2CCN(C(C)C#N)CC2)c1. The summed E-state index contributed by atoms with van der Waals surface area (Å²) in [5, 5.41) is 20.0. The highest BCUT2D eigenvalue weighted by atomic mass is 16.6. The maximum absolute atomic E-state index is 11.1. The second-order valence-electron chi connectivity index (χ2n) is 5.08. The number of nitrogens with zero attached hydrogens (tertiary/aromatic N) is 4. The molecule has 106 valence electrons. The topological polar surface area (TPSA) is 73.4 Å². The molecule has 2 rings (SSSR count). The van der Waals surface area contributed by atoms with Gasteiger partial charge in [-0.15, -0.1) is 0 Å². The Morgan fingerprint density at radius 3 is 2.55 bits per heavy atom. The zero-order valence-electron chi connectivity index (χ0n) is 11.7. The van der Waals surface area contributed by atoms with Crippen LogP contribution in [0.1, 0.15) is 12.5 Å². The van der Waals surface area contributed by atoms with Crippen LogP contribution in [0.25, 0.3) is 0 Å². The fourth-order valence-electron chi connectivity index (χ4n) is 2.47. The van der Waals surface area contributed by atoms with Crippen molar-refractivity contribution in [3.05, 3.63) is 33.9 Å². The Morgan fingerprint density at radius 2 is 2.00 bits per heavy atom. The summed E-state index contributed by atoms with van der Waals surface area (Å²) in [5.41, 5.74) is 1.84. The van der Waals surface area contributed by atoms with Crippen LogP contribution in [0.5, 0.6) is 0 Å². The van der Waals surface area contributed by atoms with Crippen molar-refractivity contribution in [3.63, 3.8) is 0 Å². The molecular weight excluding hydrogens is 256 g/mol. The molecule has 6 heteroatoms. The van der Waals surface area contributed by atoms with Crippen molar-refractivity contribution >= 4 is 11.4 Å². The molecule has 20 heavy (non-hydrogen) atoms. The molecule has 1 saturated heterocycles. The Morgan fingerprint density at radius 1 is 1.35 bits per heavy atom. The highest BCUT2D eigenvalue weighted by molar-refractivity contribution is 5.64. The van der Waals surface area contributed by atoms with Gasteiger partial charge in [0.2, 0.25) is 0 Å². The molecule has 0 N–H and O–H groups in total. The minimum absolute atomic E-state index is 0.107. The van der Waals surface area contributed by atoms with Gasteiger partial charge in [-0.3, -0.25) is 15.0 Å². The first-order valence-corrected chi connectivity index (χ1v) is 6.66. The molecular formula is C14H18N4O2. The number of nitro benzene ring substituents is 1. The van der Waals surface area contributed by atoms with Crippen molar-refractivity contribution in [2.45, 2.75) is 19.9 Å². The van der Waals surface area contributed by atoms with Gasteiger partial charge in [0.1, 0.15) is 5.69 Å². The third-order valence-electron chi connectivity index (χ3n) is 3.72. The van der Waals surface area contributed by atoms with Crippen LogP contribution in [0.4, 0.5) is 11.4 Å². The van der Waals surface area contributed by atoms with Gasteiger partial charge in [0.05, 0.1) is 17.0 Å². The second-order valence-corrected chi connectivity index (χ2v) is 5.08. The number of piperazine rings is 1. The van der Waals surface area contributed by atoms with Crippen LogP contribution in [0.15, 0.2) is 18.2 Å². The molecule has 0 spiro atoms. The summed E-state index contributed by atoms with van der Waals surface area (Å²) in [5.74, 6) is 0. The van der Waals surface area contributed by atoms with Crippen molar-refractivity contribution < 1.29 is 4.92 Å². The predicted molar refractivity (Wildman–Crippen MR) is 76.7 cm³/mol. The first-order valence-electron chi connectivity index (χ1n) is 6.66. The minimum Gasteiger partial charge on any atom is -0.363 e. The third-order valence-corrected chi connectivity index (χ3v) is 3.72. The van der Waals surface area contributed by atoms with Gasteiger partial charge in [-0.2, -0.15) is 5.26 Å². The minimum atomic E-state index is -0.334. The lowest BCUT2D eigenvalue weighted by molar-refractivity contribution is -0.384. The van der Waals surface area contributed by atoms with Crippen LogP contribution in [0, 0.1) is 28.4 Å². The van der Waals surface area contributed by atoms with E-state index in [4.69, 9.17) is 5.26 Å². The molecule has 0 bridgehead atoms. The van der Waals surface area contributed by atoms with Crippen LogP contribution < -0.4 is 4.90 Å². The molecule has 0 aliphatic carbocycles. The molecule has 1 aliphatic rings. The zero-order valence-corrected chi connectivity index (χ0v) is 11.7. The van der Waals surface area contributed by atoms with E-state index >= 15 is 0 Å². The lowest BCUT2D eigenvalue weighted by atomic mass is 10.1. The van der Waals surface area contributed by atoms with Crippen LogP contribution in [0.2, 0.25) is 0 Å². The Hall–Kier alpha value is -2.13. The van der Waals surface area contributed by atoms with Crippen molar-refractivity contribution in [3.8, 4) is 6.07 Å². The summed E-state index contributed by atoms with van der Waals surface area (Å²) >= 11 is 0. The van der Waals surface area contributed by atoms with Crippen LogP contribution >= 0.6 is 0 Å². The summed E-state index contributed by atoms with van der Waals surface area (Å²) in [6.45, 7) is 6.72. The van der Waals surface area contributed by atoms with E-state index in [2.05, 4.69) is 11.0 Å². The van der Waals surface area contributed by atoms with E-state index < -0.39 is 0 Å². The molecule has 6 nitrogen and oxygen atoms in total. The standard InChI is InChI=1S/C14H18N4O2/c1-11-3-4-13(18(19)20)14(9-11)17-7-5-16(6-8-17)12(2)10-15/h3-4,9,12H,5-8H2,1-2H3. The molecule has 0 saturated carbocycles. The number of hydrogen-bond donors (Lipinski definition) is 0. The number of benzene rings is 1. The molecule has 1 fully saturated rings. The first-order chi connectivity index (χ1) is 9.52. The van der Waals surface area contributed by atoms with Crippen LogP contribution in [-0.2, 0) is 0 Å². The van der Waals surface area contributed by atoms with E-state index in [9.17, 15) is 10.1 Å². The van der Waals surface area contributed by atoms with Gasteiger partial charge in [-0.1, -0.05) is 6.07 Å². The summed E-state index contributed by atoms with van der Waals surface area (Å²) in [6.07, 6.45) is 0. The molecule has 0 aromatic heterocycles. The monoisotopic (exact) mass is 274 g/mol. The molecule has 1 unspecified atom stereocenters. The van der Waals surface area contributed by atoms with E-state index in [1.54, 1.807) is 12.1 Å². The van der Waals surface area contributed by atoms with Crippen LogP contribution in [0.3, 0.4) is 0 Å². The van der Waals surface area contributed by atoms with E-state index in [0.717, 1.165) is 18.7 Å². The molecule has 0 amide bonds. The quantitative estimate of drug-likeness (QED) is 0.622. The predicted octanol–water partition coefficient (Wildman–Crippen LogP) is 1.94. The normalized spacial score (nSPS) is 17.6. The van der Waals surface area contributed by atoms with Crippen molar-refractivity contribution in [1.82, 2.24) is 4.90 Å². The first kappa shape index (κ1) is 14.3. The Bertz CT molecular complexity index is 545. The Kier molecular flexibility index (Phi) is 4.20. The van der Waals surface area contributed by atoms with Crippen molar-refractivity contribution in [2.24, 2.45) is 0 Å². The largest absolute Gasteiger partial charge is 0.363 e. The average Bonchev–Trinajstić information content (AvgIpc) is 2.46. The molecule has 0 radical (unpaired) electrons. The van der Waals surface area contributed by atoms with Gasteiger partial charge in [0.25, 0.3) is 5.69 Å². The molecule has 1 aromatic carbocycles. The maximum Gasteiger partial charge on any atom is 0.292 e. The van der Waals surface area contributed by atoms with E-state index in [-0.39, 0.29) is 16.7 Å². The van der Waals surface area contributed by atoms with Gasteiger partial charge in [0.15, 0.2) is 0 Å². The van der Waals surface area contributed by atoms with E-state index in [1.807, 2.05) is 24.8 Å². The van der Waals surface area contributed by atoms with Crippen molar-refractivity contribution in [1.29, 1.82) is 5.26 Å². The van der Waals surface area contributed by atoms with Gasteiger partial charge >= 0.3 is 0 Å². The van der Waals surface area contributed by atoms with Gasteiger partial charge in [0, 0.05) is 32.2 Å². The second kappa shape index (κ2) is 5.88. The number of nitriles is 1. The van der Waals surface area contributed by atoms with E-state index in [1.165, 1.54) is 0 Å². The van der Waals surface area contributed by atoms with Gasteiger partial charge in [-0.25, -0.2) is 0 Å². The Balaban J connectivity index is 2.17. The van der Waals surface area contributed by atoms with E-state index in [0.29, 0.717) is 18.8 Å². The summed E-state index contributed by atoms with van der Waals surface area (Å²) in [4.78, 5) is 14.9.